The Morgan fingerprint density at radius 3 is 2.11 bits per heavy atom. The van der Waals surface area contributed by atoms with Gasteiger partial charge < -0.3 is 5.11 Å². The number of rotatable bonds is 4. The second-order valence-electron chi connectivity index (χ2n) is 4.92. The highest BCUT2D eigenvalue weighted by molar-refractivity contribution is 7.90. The fourth-order valence-electron chi connectivity index (χ4n) is 1.24. The van der Waals surface area contributed by atoms with Gasteiger partial charge in [0.1, 0.15) is 6.04 Å². The maximum atomic E-state index is 12.0. The zero-order valence-electron chi connectivity index (χ0n) is 10.5. The molecule has 0 heterocycles. The normalized spacial score (nSPS) is 14.2. The Kier molecular flexibility index (Phi) is 4.13. The van der Waals surface area contributed by atoms with Crippen molar-refractivity contribution >= 4 is 16.0 Å². The third-order valence-electron chi connectivity index (χ3n) is 2.46. The molecule has 1 atom stereocenters. The van der Waals surface area contributed by atoms with Gasteiger partial charge in [0.25, 0.3) is 0 Å². The van der Waals surface area contributed by atoms with Crippen LogP contribution in [0.15, 0.2) is 30.3 Å². The molecule has 0 spiro atoms. The maximum Gasteiger partial charge on any atom is 0.326 e. The van der Waals surface area contributed by atoms with Crippen molar-refractivity contribution in [1.29, 1.82) is 0 Å². The highest BCUT2D eigenvalue weighted by Gasteiger charge is 2.34. The van der Waals surface area contributed by atoms with Crippen molar-refractivity contribution in [2.45, 2.75) is 31.6 Å². The number of carboxylic acids is 1. The number of sulfonamides is 1. The van der Waals surface area contributed by atoms with Gasteiger partial charge in [-0.3, -0.25) is 4.79 Å². The second-order valence-corrected chi connectivity index (χ2v) is 7.38. The van der Waals surface area contributed by atoms with Gasteiger partial charge in [0.15, 0.2) is 0 Å². The highest BCUT2D eigenvalue weighted by atomic mass is 32.2. The number of aliphatic carboxylic acids is 1. The molecular formula is C12H17NO4S. The highest BCUT2D eigenvalue weighted by Crippen LogP contribution is 2.20. The van der Waals surface area contributed by atoms with Gasteiger partial charge in [-0.2, -0.15) is 4.72 Å². The fourth-order valence-corrected chi connectivity index (χ4v) is 2.14. The Balaban J connectivity index is 3.08. The molecule has 0 aliphatic rings. The van der Waals surface area contributed by atoms with Crippen molar-refractivity contribution in [2.24, 2.45) is 0 Å². The third-order valence-corrected chi connectivity index (χ3v) is 4.62. The van der Waals surface area contributed by atoms with E-state index in [0.717, 1.165) is 0 Å². The van der Waals surface area contributed by atoms with Gasteiger partial charge in [-0.15, -0.1) is 0 Å². The summed E-state index contributed by atoms with van der Waals surface area (Å²) in [6, 6.07) is 6.94. The van der Waals surface area contributed by atoms with Crippen molar-refractivity contribution in [3.8, 4) is 0 Å². The monoisotopic (exact) mass is 271 g/mol. The molecule has 5 nitrogen and oxygen atoms in total. The second kappa shape index (κ2) is 5.07. The van der Waals surface area contributed by atoms with Crippen LogP contribution in [0.25, 0.3) is 0 Å². The summed E-state index contributed by atoms with van der Waals surface area (Å²) in [5, 5.41) is 9.13. The minimum absolute atomic E-state index is 0.401. The zero-order chi connectivity index (χ0) is 14.0. The Morgan fingerprint density at radius 2 is 1.72 bits per heavy atom. The molecule has 0 amide bonds. The van der Waals surface area contributed by atoms with Gasteiger partial charge in [0.2, 0.25) is 10.0 Å². The smallest absolute Gasteiger partial charge is 0.326 e. The summed E-state index contributed by atoms with van der Waals surface area (Å²) in [6.45, 7) is 4.54. The summed E-state index contributed by atoms with van der Waals surface area (Å²) in [7, 11) is -3.72. The van der Waals surface area contributed by atoms with Crippen LogP contribution in [0.2, 0.25) is 0 Å². The quantitative estimate of drug-likeness (QED) is 0.870. The van der Waals surface area contributed by atoms with E-state index in [-0.39, 0.29) is 0 Å². The van der Waals surface area contributed by atoms with Crippen LogP contribution in [0.4, 0.5) is 0 Å². The molecule has 0 radical (unpaired) electrons. The molecule has 0 aromatic heterocycles. The summed E-state index contributed by atoms with van der Waals surface area (Å²) >= 11 is 0. The molecule has 100 valence electrons. The third kappa shape index (κ3) is 3.30. The van der Waals surface area contributed by atoms with Gasteiger partial charge in [-0.1, -0.05) is 30.3 Å². The van der Waals surface area contributed by atoms with Crippen LogP contribution in [0.1, 0.15) is 32.4 Å². The van der Waals surface area contributed by atoms with Gasteiger partial charge >= 0.3 is 5.97 Å². The first kappa shape index (κ1) is 14.7. The van der Waals surface area contributed by atoms with Crippen LogP contribution >= 0.6 is 0 Å². The number of hydrogen-bond acceptors (Lipinski definition) is 3. The van der Waals surface area contributed by atoms with Crippen LogP contribution in [0, 0.1) is 0 Å². The molecule has 0 saturated carbocycles. The lowest BCUT2D eigenvalue weighted by atomic mass is 10.1. The number of hydrogen-bond donors (Lipinski definition) is 2. The first-order valence-electron chi connectivity index (χ1n) is 5.45. The van der Waals surface area contributed by atoms with Crippen molar-refractivity contribution in [3.05, 3.63) is 35.9 Å². The molecule has 0 fully saturated rings. The Bertz CT molecular complexity index is 517. The maximum absolute atomic E-state index is 12.0. The van der Waals surface area contributed by atoms with E-state index >= 15 is 0 Å². The fraction of sp³-hybridized carbons (Fsp3) is 0.417. The van der Waals surface area contributed by atoms with Gasteiger partial charge in [0, 0.05) is 0 Å². The van der Waals surface area contributed by atoms with Crippen LogP contribution in [0.5, 0.6) is 0 Å². The van der Waals surface area contributed by atoms with Crippen LogP contribution in [-0.2, 0) is 14.8 Å². The molecule has 0 aliphatic heterocycles. The lowest BCUT2D eigenvalue weighted by Crippen LogP contribution is -2.43. The first-order valence-corrected chi connectivity index (χ1v) is 6.93. The molecule has 18 heavy (non-hydrogen) atoms. The van der Waals surface area contributed by atoms with Crippen LogP contribution in [-0.4, -0.2) is 24.2 Å². The van der Waals surface area contributed by atoms with Crippen molar-refractivity contribution in [2.75, 3.05) is 0 Å². The van der Waals surface area contributed by atoms with Crippen molar-refractivity contribution in [1.82, 2.24) is 4.72 Å². The van der Waals surface area contributed by atoms with Gasteiger partial charge in [0.05, 0.1) is 4.75 Å². The Morgan fingerprint density at radius 1 is 1.22 bits per heavy atom. The van der Waals surface area contributed by atoms with E-state index in [2.05, 4.69) is 4.72 Å². The summed E-state index contributed by atoms with van der Waals surface area (Å²) in [5.74, 6) is -1.23. The minimum Gasteiger partial charge on any atom is -0.480 e. The SMILES string of the molecule is CC(C)(C)S(=O)(=O)N[C@@H](C(=O)O)c1ccccc1. The molecular weight excluding hydrogens is 254 g/mol. The topological polar surface area (TPSA) is 83.5 Å². The number of nitrogens with one attached hydrogen (secondary N) is 1. The van der Waals surface area contributed by atoms with Gasteiger partial charge in [-0.05, 0) is 26.3 Å². The predicted octanol–water partition coefficient (Wildman–Crippen LogP) is 1.53. The molecule has 2 N–H and O–H groups in total. The number of carboxylic acid groups (broad SMARTS) is 1. The zero-order valence-corrected chi connectivity index (χ0v) is 11.4. The van der Waals surface area contributed by atoms with E-state index in [4.69, 9.17) is 5.11 Å². The number of carbonyl (C=O) groups is 1. The van der Waals surface area contributed by atoms with E-state index < -0.39 is 26.8 Å². The summed E-state index contributed by atoms with van der Waals surface area (Å²) in [6.07, 6.45) is 0. The van der Waals surface area contributed by atoms with Crippen LogP contribution in [0.3, 0.4) is 0 Å². The summed E-state index contributed by atoms with van der Waals surface area (Å²) < 4.78 is 25.1. The standard InChI is InChI=1S/C12H17NO4S/c1-12(2,3)18(16,17)13-10(11(14)15)9-7-5-4-6-8-9/h4-8,10,13H,1-3H3,(H,14,15)/t10-/m1/s1. The van der Waals surface area contributed by atoms with Crippen LogP contribution < -0.4 is 4.72 Å². The lowest BCUT2D eigenvalue weighted by Gasteiger charge is -2.23. The van der Waals surface area contributed by atoms with Gasteiger partial charge in [-0.25, -0.2) is 8.42 Å². The molecule has 0 unspecified atom stereocenters. The Labute approximate surface area is 107 Å². The molecule has 6 heteroatoms. The van der Waals surface area contributed by atoms with E-state index in [1.54, 1.807) is 30.3 Å². The molecule has 0 bridgehead atoms. The first-order chi connectivity index (χ1) is 8.15. The Hall–Kier alpha value is -1.40. The summed E-state index contributed by atoms with van der Waals surface area (Å²) in [5.41, 5.74) is 0.401. The number of benzene rings is 1. The molecule has 1 aromatic carbocycles. The van der Waals surface area contributed by atoms with E-state index in [1.165, 1.54) is 20.8 Å². The van der Waals surface area contributed by atoms with E-state index in [0.29, 0.717) is 5.56 Å². The van der Waals surface area contributed by atoms with E-state index in [1.807, 2.05) is 0 Å². The minimum atomic E-state index is -3.72. The molecule has 1 rings (SSSR count). The lowest BCUT2D eigenvalue weighted by molar-refractivity contribution is -0.139. The molecule has 0 aliphatic carbocycles. The van der Waals surface area contributed by atoms with Crippen molar-refractivity contribution in [3.63, 3.8) is 0 Å². The summed E-state index contributed by atoms with van der Waals surface area (Å²) in [4.78, 5) is 11.2. The predicted molar refractivity (Wildman–Crippen MR) is 68.6 cm³/mol. The average molecular weight is 271 g/mol. The van der Waals surface area contributed by atoms with Crippen molar-refractivity contribution < 1.29 is 18.3 Å². The largest absolute Gasteiger partial charge is 0.480 e. The van der Waals surface area contributed by atoms with E-state index in [9.17, 15) is 13.2 Å². The molecule has 1 aromatic rings. The molecule has 0 saturated heterocycles. The average Bonchev–Trinajstić information content (AvgIpc) is 2.25.